The van der Waals surface area contributed by atoms with Gasteiger partial charge in [0.2, 0.25) is 5.91 Å². The minimum absolute atomic E-state index is 0.0591. The van der Waals surface area contributed by atoms with Crippen LogP contribution in [0.4, 0.5) is 5.69 Å². The van der Waals surface area contributed by atoms with Crippen LogP contribution in [0.2, 0.25) is 0 Å². The van der Waals surface area contributed by atoms with Gasteiger partial charge in [-0.05, 0) is 35.0 Å². The molecule has 0 spiro atoms. The quantitative estimate of drug-likeness (QED) is 0.854. The third kappa shape index (κ3) is 3.70. The van der Waals surface area contributed by atoms with Gasteiger partial charge in [0.1, 0.15) is 0 Å². The van der Waals surface area contributed by atoms with Crippen LogP contribution in [0.3, 0.4) is 0 Å². The molecule has 1 aromatic rings. The number of nitrogens with two attached hydrogens (primary N) is 1. The monoisotopic (exact) mass is 327 g/mol. The van der Waals surface area contributed by atoms with E-state index in [4.69, 9.17) is 5.73 Å². The Bertz CT molecular complexity index is 489. The molecule has 1 rings (SSSR count). The second kappa shape index (κ2) is 6.56. The molecule has 0 bridgehead atoms. The van der Waals surface area contributed by atoms with Crippen molar-refractivity contribution in [3.8, 4) is 0 Å². The Morgan fingerprint density at radius 3 is 2.47 bits per heavy atom. The van der Waals surface area contributed by atoms with Gasteiger partial charge < -0.3 is 15.5 Å². The highest BCUT2D eigenvalue weighted by molar-refractivity contribution is 9.10. The molecule has 0 saturated heterocycles. The van der Waals surface area contributed by atoms with Crippen LogP contribution < -0.4 is 5.73 Å². The van der Waals surface area contributed by atoms with Gasteiger partial charge in [-0.2, -0.15) is 0 Å². The molecular formula is C13H18BrN3O2. The number of benzene rings is 1. The topological polar surface area (TPSA) is 66.6 Å². The maximum atomic E-state index is 12.4. The molecule has 2 N–H and O–H groups in total. The summed E-state index contributed by atoms with van der Waals surface area (Å²) in [5, 5.41) is 0. The molecule has 2 amide bonds. The van der Waals surface area contributed by atoms with Gasteiger partial charge in [-0.25, -0.2) is 0 Å². The van der Waals surface area contributed by atoms with Crippen molar-refractivity contribution in [1.29, 1.82) is 0 Å². The largest absolute Gasteiger partial charge is 0.398 e. The van der Waals surface area contributed by atoms with Gasteiger partial charge in [-0.3, -0.25) is 9.59 Å². The van der Waals surface area contributed by atoms with Crippen LogP contribution in [0.1, 0.15) is 17.3 Å². The van der Waals surface area contributed by atoms with Crippen molar-refractivity contribution in [2.24, 2.45) is 0 Å². The van der Waals surface area contributed by atoms with E-state index in [0.29, 0.717) is 22.3 Å². The zero-order valence-electron chi connectivity index (χ0n) is 11.3. The lowest BCUT2D eigenvalue weighted by Crippen LogP contribution is -2.40. The molecule has 0 unspecified atom stereocenters. The van der Waals surface area contributed by atoms with Gasteiger partial charge in [0.25, 0.3) is 5.91 Å². The minimum atomic E-state index is -0.211. The summed E-state index contributed by atoms with van der Waals surface area (Å²) >= 11 is 3.31. The summed E-state index contributed by atoms with van der Waals surface area (Å²) < 4.78 is 0.566. The molecule has 6 heteroatoms. The summed E-state index contributed by atoms with van der Waals surface area (Å²) in [7, 11) is 3.33. The smallest absolute Gasteiger partial charge is 0.255 e. The van der Waals surface area contributed by atoms with E-state index in [0.717, 1.165) is 0 Å². The summed E-state index contributed by atoms with van der Waals surface area (Å²) in [4.78, 5) is 27.0. The number of carbonyl (C=O) groups is 2. The second-order valence-corrected chi connectivity index (χ2v) is 5.11. The van der Waals surface area contributed by atoms with E-state index in [1.807, 2.05) is 6.92 Å². The fraction of sp³-hybridized carbons (Fsp3) is 0.385. The van der Waals surface area contributed by atoms with E-state index in [1.165, 1.54) is 9.80 Å². The number of rotatable bonds is 4. The van der Waals surface area contributed by atoms with Crippen molar-refractivity contribution >= 4 is 33.4 Å². The number of hydrogen-bond acceptors (Lipinski definition) is 3. The predicted octanol–water partition coefficient (Wildman–Crippen LogP) is 1.58. The lowest BCUT2D eigenvalue weighted by molar-refractivity contribution is -0.129. The summed E-state index contributed by atoms with van der Waals surface area (Å²) in [6.07, 6.45) is 0. The van der Waals surface area contributed by atoms with E-state index >= 15 is 0 Å². The van der Waals surface area contributed by atoms with Crippen LogP contribution in [0.25, 0.3) is 0 Å². The van der Waals surface area contributed by atoms with Gasteiger partial charge in [-0.1, -0.05) is 6.07 Å². The van der Waals surface area contributed by atoms with Crippen molar-refractivity contribution in [3.05, 3.63) is 28.2 Å². The second-order valence-electron chi connectivity index (χ2n) is 4.32. The first-order chi connectivity index (χ1) is 8.88. The zero-order chi connectivity index (χ0) is 14.6. The number of halogens is 1. The fourth-order valence-electron chi connectivity index (χ4n) is 1.52. The first-order valence-corrected chi connectivity index (χ1v) is 6.71. The van der Waals surface area contributed by atoms with Crippen molar-refractivity contribution < 1.29 is 9.59 Å². The Labute approximate surface area is 121 Å². The van der Waals surface area contributed by atoms with Gasteiger partial charge in [0, 0.05) is 26.3 Å². The number of amides is 2. The molecule has 0 aliphatic carbocycles. The molecule has 5 nitrogen and oxygen atoms in total. The molecule has 0 aliphatic rings. The van der Waals surface area contributed by atoms with Crippen LogP contribution in [0.5, 0.6) is 0 Å². The van der Waals surface area contributed by atoms with Crippen LogP contribution >= 0.6 is 15.9 Å². The van der Waals surface area contributed by atoms with E-state index in [2.05, 4.69) is 15.9 Å². The summed E-state index contributed by atoms with van der Waals surface area (Å²) in [5.74, 6) is -0.327. The number of likely N-dealkylation sites (N-methyl/N-ethyl adjacent to an activating group) is 2. The lowest BCUT2D eigenvalue weighted by atomic mass is 10.1. The van der Waals surface area contributed by atoms with Crippen LogP contribution in [0.15, 0.2) is 22.7 Å². The molecule has 0 heterocycles. The lowest BCUT2D eigenvalue weighted by Gasteiger charge is -2.23. The molecule has 0 saturated carbocycles. The standard InChI is InChI=1S/C13H18BrN3O2/c1-4-17(8-11(18)16(2)3)13(19)9-6-5-7-10(15)12(9)14/h5-7H,4,8,15H2,1-3H3. The average molecular weight is 328 g/mol. The van der Waals surface area contributed by atoms with Gasteiger partial charge >= 0.3 is 0 Å². The van der Waals surface area contributed by atoms with Crippen LogP contribution in [0, 0.1) is 0 Å². The highest BCUT2D eigenvalue weighted by atomic mass is 79.9. The Balaban J connectivity index is 2.96. The third-order valence-electron chi connectivity index (χ3n) is 2.75. The van der Waals surface area contributed by atoms with Crippen molar-refractivity contribution in [1.82, 2.24) is 9.80 Å². The number of hydrogen-bond donors (Lipinski definition) is 1. The maximum absolute atomic E-state index is 12.4. The summed E-state index contributed by atoms with van der Waals surface area (Å²) in [5.41, 5.74) is 6.72. The van der Waals surface area contributed by atoms with Gasteiger partial charge in [0.15, 0.2) is 0 Å². The van der Waals surface area contributed by atoms with E-state index in [-0.39, 0.29) is 18.4 Å². The Hall–Kier alpha value is -1.56. The molecule has 0 aliphatic heterocycles. The Morgan fingerprint density at radius 1 is 1.32 bits per heavy atom. The molecule has 0 atom stereocenters. The molecule has 0 aromatic heterocycles. The number of carbonyl (C=O) groups excluding carboxylic acids is 2. The number of nitrogen functional groups attached to an aromatic ring is 1. The first kappa shape index (κ1) is 15.5. The fourth-order valence-corrected chi connectivity index (χ4v) is 1.95. The maximum Gasteiger partial charge on any atom is 0.255 e. The molecule has 0 radical (unpaired) electrons. The number of nitrogens with zero attached hydrogens (tertiary/aromatic N) is 2. The molecule has 19 heavy (non-hydrogen) atoms. The highest BCUT2D eigenvalue weighted by Crippen LogP contribution is 2.24. The number of anilines is 1. The first-order valence-electron chi connectivity index (χ1n) is 5.91. The van der Waals surface area contributed by atoms with E-state index in [1.54, 1.807) is 32.3 Å². The van der Waals surface area contributed by atoms with Crippen molar-refractivity contribution in [2.75, 3.05) is 32.9 Å². The Morgan fingerprint density at radius 2 is 1.95 bits per heavy atom. The van der Waals surface area contributed by atoms with E-state index < -0.39 is 0 Å². The van der Waals surface area contributed by atoms with Crippen LogP contribution in [-0.2, 0) is 4.79 Å². The van der Waals surface area contributed by atoms with Crippen LogP contribution in [-0.4, -0.2) is 48.8 Å². The van der Waals surface area contributed by atoms with E-state index in [9.17, 15) is 9.59 Å². The van der Waals surface area contributed by atoms with Crippen molar-refractivity contribution in [3.63, 3.8) is 0 Å². The molecule has 0 fully saturated rings. The predicted molar refractivity (Wildman–Crippen MR) is 78.8 cm³/mol. The molecule has 104 valence electrons. The summed E-state index contributed by atoms with van der Waals surface area (Å²) in [6, 6.07) is 5.11. The minimum Gasteiger partial charge on any atom is -0.398 e. The SMILES string of the molecule is CCN(CC(=O)N(C)C)C(=O)c1cccc(N)c1Br. The average Bonchev–Trinajstić information content (AvgIpc) is 2.38. The van der Waals surface area contributed by atoms with Gasteiger partial charge in [-0.15, -0.1) is 0 Å². The van der Waals surface area contributed by atoms with Crippen molar-refractivity contribution in [2.45, 2.75) is 6.92 Å². The molecular weight excluding hydrogens is 310 g/mol. The third-order valence-corrected chi connectivity index (χ3v) is 3.64. The zero-order valence-corrected chi connectivity index (χ0v) is 12.9. The highest BCUT2D eigenvalue weighted by Gasteiger charge is 2.20. The summed E-state index contributed by atoms with van der Waals surface area (Å²) in [6.45, 7) is 2.35. The molecule has 1 aromatic carbocycles. The normalized spacial score (nSPS) is 10.1. The van der Waals surface area contributed by atoms with Gasteiger partial charge in [0.05, 0.1) is 16.6 Å². The Kier molecular flexibility index (Phi) is 5.35.